The van der Waals surface area contributed by atoms with Crippen LogP contribution in [0.2, 0.25) is 0 Å². The fraction of sp³-hybridized carbons (Fsp3) is 0.154. The number of methoxy groups -OCH3 is 3. The van der Waals surface area contributed by atoms with E-state index in [0.29, 0.717) is 6.54 Å². The second-order valence-electron chi connectivity index (χ2n) is 7.49. The van der Waals surface area contributed by atoms with Crippen molar-refractivity contribution in [2.75, 3.05) is 21.3 Å². The van der Waals surface area contributed by atoms with E-state index in [2.05, 4.69) is 33.1 Å². The molecule has 3 aromatic carbocycles. The van der Waals surface area contributed by atoms with Gasteiger partial charge in [-0.15, -0.1) is 10.2 Å². The average Bonchev–Trinajstić information content (AvgIpc) is 3.28. The van der Waals surface area contributed by atoms with Crippen LogP contribution in [0.1, 0.15) is 5.56 Å². The topological polar surface area (TPSA) is 58.4 Å². The third-order valence-corrected chi connectivity index (χ3v) is 5.71. The summed E-state index contributed by atoms with van der Waals surface area (Å²) in [6.07, 6.45) is 2.12. The van der Waals surface area contributed by atoms with Crippen LogP contribution in [-0.4, -0.2) is 36.1 Å². The zero-order valence-electron chi connectivity index (χ0n) is 18.2. The molecule has 0 aromatic heterocycles. The first-order chi connectivity index (χ1) is 15.7. The van der Waals surface area contributed by atoms with E-state index in [-0.39, 0.29) is 0 Å². The summed E-state index contributed by atoms with van der Waals surface area (Å²) in [6, 6.07) is 22.0. The molecule has 6 nitrogen and oxygen atoms in total. The maximum absolute atomic E-state index is 5.58. The maximum Gasteiger partial charge on any atom is 0.123 e. The van der Waals surface area contributed by atoms with E-state index in [0.717, 1.165) is 56.2 Å². The molecule has 2 heterocycles. The van der Waals surface area contributed by atoms with Crippen LogP contribution in [0.15, 0.2) is 72.9 Å². The molecule has 0 amide bonds. The van der Waals surface area contributed by atoms with Gasteiger partial charge in [0.15, 0.2) is 0 Å². The Morgan fingerprint density at radius 2 is 1.47 bits per heavy atom. The average molecular weight is 425 g/mol. The lowest BCUT2D eigenvalue weighted by molar-refractivity contribution is 0.408. The van der Waals surface area contributed by atoms with E-state index in [1.165, 1.54) is 0 Å². The van der Waals surface area contributed by atoms with E-state index < -0.39 is 0 Å². The van der Waals surface area contributed by atoms with E-state index in [1.807, 2.05) is 54.6 Å². The highest BCUT2D eigenvalue weighted by molar-refractivity contribution is 5.98. The lowest BCUT2D eigenvalue weighted by Crippen LogP contribution is -2.05. The zero-order chi connectivity index (χ0) is 22.1. The van der Waals surface area contributed by atoms with Crippen LogP contribution in [0, 0.1) is 0 Å². The minimum absolute atomic E-state index is 0.649. The standard InChI is InChI=1S/C26H23N3O3/c1-30-19-10-8-17(9-11-19)25-22-16-29(15-18-6-4-5-7-24(18)32-3)23-13-12-20(31-2)14-21(23)26(22)28-27-25/h4-14,16H,15H2,1-3H3. The second kappa shape index (κ2) is 8.23. The van der Waals surface area contributed by atoms with E-state index in [4.69, 9.17) is 14.2 Å². The van der Waals surface area contributed by atoms with Gasteiger partial charge < -0.3 is 18.8 Å². The van der Waals surface area contributed by atoms with Crippen molar-refractivity contribution in [3.63, 3.8) is 0 Å². The Bertz CT molecular complexity index is 1360. The Kier molecular flexibility index (Phi) is 5.11. The summed E-state index contributed by atoms with van der Waals surface area (Å²) < 4.78 is 18.6. The molecule has 0 bridgehead atoms. The van der Waals surface area contributed by atoms with Crippen LogP contribution in [-0.2, 0) is 6.54 Å². The van der Waals surface area contributed by atoms with Crippen molar-refractivity contribution in [3.05, 3.63) is 78.5 Å². The van der Waals surface area contributed by atoms with Gasteiger partial charge in [0.2, 0.25) is 0 Å². The number of pyridine rings is 1. The highest BCUT2D eigenvalue weighted by atomic mass is 16.5. The summed E-state index contributed by atoms with van der Waals surface area (Å²) in [4.78, 5) is 0. The van der Waals surface area contributed by atoms with Crippen LogP contribution in [0.25, 0.3) is 33.4 Å². The Morgan fingerprint density at radius 1 is 0.750 bits per heavy atom. The molecule has 5 rings (SSSR count). The highest BCUT2D eigenvalue weighted by Crippen LogP contribution is 2.38. The lowest BCUT2D eigenvalue weighted by Gasteiger charge is -2.17. The van der Waals surface area contributed by atoms with Crippen LogP contribution in [0.3, 0.4) is 0 Å². The molecule has 3 aromatic rings. The van der Waals surface area contributed by atoms with Crippen molar-refractivity contribution >= 4 is 10.9 Å². The minimum atomic E-state index is 0.649. The molecule has 32 heavy (non-hydrogen) atoms. The number of aromatic nitrogens is 3. The molecule has 0 saturated carbocycles. The SMILES string of the molecule is COc1ccc(-c2nnc3c4cc(OC)ccc4n(Cc4ccccc4OC)cc2-3)cc1. The number of hydrogen-bond acceptors (Lipinski definition) is 5. The third kappa shape index (κ3) is 3.39. The van der Waals surface area contributed by atoms with Crippen molar-refractivity contribution in [2.24, 2.45) is 0 Å². The molecule has 0 saturated heterocycles. The normalized spacial score (nSPS) is 11.1. The van der Waals surface area contributed by atoms with Gasteiger partial charge in [-0.1, -0.05) is 18.2 Å². The summed E-state index contributed by atoms with van der Waals surface area (Å²) in [5.74, 6) is 2.44. The lowest BCUT2D eigenvalue weighted by atomic mass is 10.0. The first-order valence-corrected chi connectivity index (χ1v) is 10.3. The van der Waals surface area contributed by atoms with Gasteiger partial charge in [-0.3, -0.25) is 0 Å². The van der Waals surface area contributed by atoms with Gasteiger partial charge in [0, 0.05) is 28.3 Å². The molecule has 2 aliphatic heterocycles. The summed E-state index contributed by atoms with van der Waals surface area (Å²) in [5.41, 5.74) is 5.78. The Hall–Kier alpha value is -4.06. The molecular weight excluding hydrogens is 402 g/mol. The predicted molar refractivity (Wildman–Crippen MR) is 125 cm³/mol. The number of nitrogens with zero attached hydrogens (tertiary/aromatic N) is 3. The molecule has 160 valence electrons. The number of rotatable bonds is 6. The molecule has 0 radical (unpaired) electrons. The first-order valence-electron chi connectivity index (χ1n) is 10.3. The first kappa shape index (κ1) is 19.9. The highest BCUT2D eigenvalue weighted by Gasteiger charge is 2.21. The second-order valence-corrected chi connectivity index (χ2v) is 7.49. The van der Waals surface area contributed by atoms with Gasteiger partial charge in [-0.05, 0) is 48.5 Å². The van der Waals surface area contributed by atoms with Crippen molar-refractivity contribution < 1.29 is 14.2 Å². The number of para-hydroxylation sites is 1. The van der Waals surface area contributed by atoms with Crippen molar-refractivity contribution in [2.45, 2.75) is 6.54 Å². The smallest absolute Gasteiger partial charge is 0.123 e. The Morgan fingerprint density at radius 3 is 2.22 bits per heavy atom. The van der Waals surface area contributed by atoms with E-state index in [9.17, 15) is 0 Å². The fourth-order valence-corrected chi connectivity index (χ4v) is 4.06. The number of hydrogen-bond donors (Lipinski definition) is 0. The van der Waals surface area contributed by atoms with E-state index >= 15 is 0 Å². The molecule has 0 aliphatic carbocycles. The summed E-state index contributed by atoms with van der Waals surface area (Å²) in [6.45, 7) is 0.649. The van der Waals surface area contributed by atoms with Crippen molar-refractivity contribution in [1.29, 1.82) is 0 Å². The van der Waals surface area contributed by atoms with Gasteiger partial charge in [0.1, 0.15) is 28.6 Å². The largest absolute Gasteiger partial charge is 0.497 e. The Balaban J connectivity index is 1.72. The van der Waals surface area contributed by atoms with Gasteiger partial charge in [-0.25, -0.2) is 0 Å². The van der Waals surface area contributed by atoms with Crippen molar-refractivity contribution in [1.82, 2.24) is 14.8 Å². The summed E-state index contributed by atoms with van der Waals surface area (Å²) >= 11 is 0. The molecule has 2 aliphatic rings. The molecule has 0 unspecified atom stereocenters. The van der Waals surface area contributed by atoms with Crippen LogP contribution in [0.5, 0.6) is 17.2 Å². The summed E-state index contributed by atoms with van der Waals surface area (Å²) in [7, 11) is 5.03. The summed E-state index contributed by atoms with van der Waals surface area (Å²) in [5, 5.41) is 10.1. The monoisotopic (exact) mass is 425 g/mol. The maximum atomic E-state index is 5.58. The number of benzene rings is 3. The van der Waals surface area contributed by atoms with Crippen LogP contribution in [0.4, 0.5) is 0 Å². The minimum Gasteiger partial charge on any atom is -0.497 e. The Labute approximate surface area is 186 Å². The van der Waals surface area contributed by atoms with Gasteiger partial charge in [0.05, 0.1) is 33.4 Å². The van der Waals surface area contributed by atoms with E-state index in [1.54, 1.807) is 21.3 Å². The predicted octanol–water partition coefficient (Wildman–Crippen LogP) is 5.28. The quantitative estimate of drug-likeness (QED) is 0.371. The molecule has 0 N–H and O–H groups in total. The zero-order valence-corrected chi connectivity index (χ0v) is 18.2. The van der Waals surface area contributed by atoms with Gasteiger partial charge in [0.25, 0.3) is 0 Å². The molecule has 0 atom stereocenters. The number of fused-ring (bicyclic) bond motifs is 3. The number of ether oxygens (including phenoxy) is 3. The third-order valence-electron chi connectivity index (χ3n) is 5.71. The fourth-order valence-electron chi connectivity index (χ4n) is 4.06. The van der Waals surface area contributed by atoms with Gasteiger partial charge in [-0.2, -0.15) is 0 Å². The van der Waals surface area contributed by atoms with Crippen molar-refractivity contribution in [3.8, 4) is 39.8 Å². The molecule has 0 fully saturated rings. The van der Waals surface area contributed by atoms with Crippen LogP contribution < -0.4 is 14.2 Å². The molecular formula is C26H23N3O3. The molecule has 0 spiro atoms. The van der Waals surface area contributed by atoms with Gasteiger partial charge >= 0.3 is 0 Å². The van der Waals surface area contributed by atoms with Crippen LogP contribution >= 0.6 is 0 Å². The molecule has 6 heteroatoms.